The minimum atomic E-state index is -0.00890. The number of hydrogen-bond donors (Lipinski definition) is 2. The van der Waals surface area contributed by atoms with Gasteiger partial charge in [0.2, 0.25) is 0 Å². The fourth-order valence-corrected chi connectivity index (χ4v) is 4.36. The molecule has 2 saturated carbocycles. The van der Waals surface area contributed by atoms with E-state index in [9.17, 15) is 0 Å². The van der Waals surface area contributed by atoms with Gasteiger partial charge in [-0.25, -0.2) is 0 Å². The molecule has 0 amide bonds. The molecule has 1 aromatic rings. The van der Waals surface area contributed by atoms with Crippen LogP contribution < -0.4 is 5.32 Å². The number of fused-ring (bicyclic) bond motifs is 2. The van der Waals surface area contributed by atoms with Gasteiger partial charge >= 0.3 is 0 Å². The maximum atomic E-state index is 9.07. The van der Waals surface area contributed by atoms with Gasteiger partial charge in [0.15, 0.2) is 0 Å². The van der Waals surface area contributed by atoms with Crippen molar-refractivity contribution in [2.45, 2.75) is 57.3 Å². The van der Waals surface area contributed by atoms with E-state index in [1.54, 1.807) is 0 Å². The van der Waals surface area contributed by atoms with Crippen molar-refractivity contribution in [3.63, 3.8) is 0 Å². The number of piperidine rings is 1. The molecule has 1 aliphatic heterocycles. The van der Waals surface area contributed by atoms with Gasteiger partial charge in [-0.3, -0.25) is 4.90 Å². The minimum Gasteiger partial charge on any atom is -0.462 e. The molecule has 3 fully saturated rings. The Morgan fingerprint density at radius 1 is 1.10 bits per heavy atom. The molecule has 0 radical (unpaired) electrons. The SMILES string of the molecule is OCc1ccc(CNC2C3CCCC2CN(C2CC2)C3)o1. The molecule has 1 aromatic heterocycles. The van der Waals surface area contributed by atoms with Crippen molar-refractivity contribution in [2.24, 2.45) is 11.8 Å². The zero-order valence-corrected chi connectivity index (χ0v) is 12.6. The van der Waals surface area contributed by atoms with E-state index in [0.717, 1.165) is 30.2 Å². The summed E-state index contributed by atoms with van der Waals surface area (Å²) in [6, 6.07) is 5.41. The second kappa shape index (κ2) is 5.75. The van der Waals surface area contributed by atoms with Gasteiger partial charge in [-0.2, -0.15) is 0 Å². The Labute approximate surface area is 126 Å². The van der Waals surface area contributed by atoms with Crippen LogP contribution in [0.5, 0.6) is 0 Å². The molecule has 2 bridgehead atoms. The zero-order valence-electron chi connectivity index (χ0n) is 12.6. The molecule has 2 atom stereocenters. The van der Waals surface area contributed by atoms with Gasteiger partial charge in [-0.05, 0) is 49.7 Å². The lowest BCUT2D eigenvalue weighted by Gasteiger charge is -2.48. The number of nitrogens with zero attached hydrogens (tertiary/aromatic N) is 1. The monoisotopic (exact) mass is 290 g/mol. The molecule has 4 nitrogen and oxygen atoms in total. The van der Waals surface area contributed by atoms with Gasteiger partial charge in [0.05, 0.1) is 6.54 Å². The Bertz CT molecular complexity index is 469. The van der Waals surface area contributed by atoms with Gasteiger partial charge in [0.25, 0.3) is 0 Å². The van der Waals surface area contributed by atoms with Crippen LogP contribution in [0.2, 0.25) is 0 Å². The Morgan fingerprint density at radius 3 is 2.43 bits per heavy atom. The first-order valence-electron chi connectivity index (χ1n) is 8.49. The normalized spacial score (nSPS) is 33.3. The molecule has 0 spiro atoms. The van der Waals surface area contributed by atoms with Crippen molar-refractivity contribution in [3.8, 4) is 0 Å². The number of hydrogen-bond acceptors (Lipinski definition) is 4. The highest BCUT2D eigenvalue weighted by Gasteiger charge is 2.43. The summed E-state index contributed by atoms with van der Waals surface area (Å²) < 4.78 is 5.59. The van der Waals surface area contributed by atoms with Crippen LogP contribution >= 0.6 is 0 Å². The van der Waals surface area contributed by atoms with Gasteiger partial charge in [-0.1, -0.05) is 6.42 Å². The second-order valence-corrected chi connectivity index (χ2v) is 7.07. The number of furan rings is 1. The van der Waals surface area contributed by atoms with E-state index < -0.39 is 0 Å². The first kappa shape index (κ1) is 13.8. The molecule has 2 aliphatic carbocycles. The van der Waals surface area contributed by atoms with Crippen molar-refractivity contribution in [1.29, 1.82) is 0 Å². The lowest BCUT2D eigenvalue weighted by Crippen LogP contribution is -2.57. The van der Waals surface area contributed by atoms with Crippen molar-refractivity contribution >= 4 is 0 Å². The predicted octanol–water partition coefficient (Wildman–Crippen LogP) is 2.12. The molecule has 0 aromatic carbocycles. The summed E-state index contributed by atoms with van der Waals surface area (Å²) >= 11 is 0. The zero-order chi connectivity index (χ0) is 14.2. The molecule has 2 heterocycles. The largest absolute Gasteiger partial charge is 0.462 e. The standard InChI is InChI=1S/C17H26N2O2/c20-11-16-7-6-15(21-16)8-18-17-12-2-1-3-13(17)10-19(9-12)14-4-5-14/h6-7,12-14,17-18,20H,1-5,8-11H2. The third-order valence-electron chi connectivity index (χ3n) is 5.55. The maximum Gasteiger partial charge on any atom is 0.129 e. The molecular weight excluding hydrogens is 264 g/mol. The lowest BCUT2D eigenvalue weighted by atomic mass is 9.73. The Kier molecular flexibility index (Phi) is 3.78. The number of rotatable bonds is 5. The van der Waals surface area contributed by atoms with Crippen LogP contribution in [0.15, 0.2) is 16.5 Å². The first-order chi connectivity index (χ1) is 10.3. The molecule has 4 heteroatoms. The highest BCUT2D eigenvalue weighted by molar-refractivity contribution is 5.07. The molecular formula is C17H26N2O2. The third kappa shape index (κ3) is 2.89. The molecule has 2 N–H and O–H groups in total. The maximum absolute atomic E-state index is 9.07. The quantitative estimate of drug-likeness (QED) is 0.872. The van der Waals surface area contributed by atoms with Gasteiger partial charge in [0, 0.05) is 25.2 Å². The van der Waals surface area contributed by atoms with E-state index in [1.807, 2.05) is 12.1 Å². The number of nitrogens with one attached hydrogen (secondary N) is 1. The summed E-state index contributed by atoms with van der Waals surface area (Å²) in [4.78, 5) is 2.75. The Balaban J connectivity index is 1.37. The van der Waals surface area contributed by atoms with E-state index in [1.165, 1.54) is 45.2 Å². The molecule has 4 rings (SSSR count). The van der Waals surface area contributed by atoms with Crippen molar-refractivity contribution in [3.05, 3.63) is 23.7 Å². The van der Waals surface area contributed by atoms with Crippen LogP contribution in [0.1, 0.15) is 43.6 Å². The molecule has 3 aliphatic rings. The van der Waals surface area contributed by atoms with E-state index in [-0.39, 0.29) is 6.61 Å². The summed E-state index contributed by atoms with van der Waals surface area (Å²) in [7, 11) is 0. The predicted molar refractivity (Wildman–Crippen MR) is 80.7 cm³/mol. The summed E-state index contributed by atoms with van der Waals surface area (Å²) in [6.45, 7) is 3.36. The van der Waals surface area contributed by atoms with Crippen molar-refractivity contribution in [2.75, 3.05) is 13.1 Å². The van der Waals surface area contributed by atoms with Crippen LogP contribution in [0.3, 0.4) is 0 Å². The van der Waals surface area contributed by atoms with Gasteiger partial charge in [-0.15, -0.1) is 0 Å². The van der Waals surface area contributed by atoms with Crippen LogP contribution in [0, 0.1) is 11.8 Å². The van der Waals surface area contributed by atoms with Crippen molar-refractivity contribution < 1.29 is 9.52 Å². The highest BCUT2D eigenvalue weighted by atomic mass is 16.4. The van der Waals surface area contributed by atoms with Gasteiger partial charge < -0.3 is 14.8 Å². The van der Waals surface area contributed by atoms with E-state index in [4.69, 9.17) is 9.52 Å². The van der Waals surface area contributed by atoms with E-state index >= 15 is 0 Å². The lowest BCUT2D eigenvalue weighted by molar-refractivity contribution is 0.0404. The molecule has 116 valence electrons. The number of aliphatic hydroxyl groups is 1. The molecule has 1 saturated heterocycles. The number of likely N-dealkylation sites (tertiary alicyclic amines) is 1. The highest BCUT2D eigenvalue weighted by Crippen LogP contribution is 2.39. The summed E-state index contributed by atoms with van der Waals surface area (Å²) in [6.07, 6.45) is 7.00. The summed E-state index contributed by atoms with van der Waals surface area (Å²) in [5, 5.41) is 12.8. The van der Waals surface area contributed by atoms with Crippen LogP contribution in [0.4, 0.5) is 0 Å². The molecule has 21 heavy (non-hydrogen) atoms. The van der Waals surface area contributed by atoms with Gasteiger partial charge in [0.1, 0.15) is 18.1 Å². The average molecular weight is 290 g/mol. The topological polar surface area (TPSA) is 48.6 Å². The fourth-order valence-electron chi connectivity index (χ4n) is 4.36. The second-order valence-electron chi connectivity index (χ2n) is 7.07. The Hall–Kier alpha value is -0.840. The summed E-state index contributed by atoms with van der Waals surface area (Å²) in [5.41, 5.74) is 0. The van der Waals surface area contributed by atoms with Crippen LogP contribution in [-0.2, 0) is 13.2 Å². The van der Waals surface area contributed by atoms with E-state index in [0.29, 0.717) is 11.8 Å². The fraction of sp³-hybridized carbons (Fsp3) is 0.765. The van der Waals surface area contributed by atoms with Crippen molar-refractivity contribution in [1.82, 2.24) is 10.2 Å². The Morgan fingerprint density at radius 2 is 1.81 bits per heavy atom. The van der Waals surface area contributed by atoms with Crippen LogP contribution in [0.25, 0.3) is 0 Å². The molecule has 2 unspecified atom stereocenters. The van der Waals surface area contributed by atoms with Crippen LogP contribution in [-0.4, -0.2) is 35.2 Å². The van der Waals surface area contributed by atoms with E-state index in [2.05, 4.69) is 10.2 Å². The third-order valence-corrected chi connectivity index (χ3v) is 5.55. The average Bonchev–Trinajstić information content (AvgIpc) is 3.23. The first-order valence-corrected chi connectivity index (χ1v) is 8.49. The smallest absolute Gasteiger partial charge is 0.129 e. The minimum absolute atomic E-state index is 0.00890. The number of aliphatic hydroxyl groups excluding tert-OH is 1. The summed E-state index contributed by atoms with van der Waals surface area (Å²) in [5.74, 6) is 3.23.